The van der Waals surface area contributed by atoms with E-state index in [2.05, 4.69) is 26.1 Å². The number of rotatable bonds is 8. The van der Waals surface area contributed by atoms with Crippen LogP contribution in [0.5, 0.6) is 11.5 Å². The zero-order chi connectivity index (χ0) is 19.9. The van der Waals surface area contributed by atoms with Crippen LogP contribution in [-0.2, 0) is 0 Å². The number of anilines is 4. The topological polar surface area (TPSA) is 123 Å². The van der Waals surface area contributed by atoms with Crippen LogP contribution in [0.25, 0.3) is 0 Å². The summed E-state index contributed by atoms with van der Waals surface area (Å²) in [7, 11) is 3.02. The van der Waals surface area contributed by atoms with Crippen molar-refractivity contribution in [3.8, 4) is 11.5 Å². The second kappa shape index (κ2) is 8.54. The molecule has 2 aromatic carbocycles. The van der Waals surface area contributed by atoms with Crippen molar-refractivity contribution in [2.75, 3.05) is 30.4 Å². The SMILES string of the molecule is COc1ccc(OC)c(Nc2ncnc(NNc3ccccc3)c2[N+](=O)[O-])c1. The average molecular weight is 382 g/mol. The molecular weight excluding hydrogens is 364 g/mol. The maximum Gasteiger partial charge on any atom is 0.355 e. The highest BCUT2D eigenvalue weighted by atomic mass is 16.6. The maximum atomic E-state index is 11.7. The van der Waals surface area contributed by atoms with E-state index in [0.717, 1.165) is 5.69 Å². The molecule has 144 valence electrons. The first kappa shape index (κ1) is 18.7. The molecule has 0 aliphatic carbocycles. The number of hydrogen-bond acceptors (Lipinski definition) is 9. The fraction of sp³-hybridized carbons (Fsp3) is 0.111. The zero-order valence-corrected chi connectivity index (χ0v) is 15.2. The summed E-state index contributed by atoms with van der Waals surface area (Å²) in [6, 6.07) is 14.2. The molecule has 10 heteroatoms. The summed E-state index contributed by atoms with van der Waals surface area (Å²) in [5, 5.41) is 14.6. The first-order valence-corrected chi connectivity index (χ1v) is 8.18. The molecule has 0 atom stereocenters. The molecule has 10 nitrogen and oxygen atoms in total. The van der Waals surface area contributed by atoms with Crippen molar-refractivity contribution in [2.45, 2.75) is 0 Å². The van der Waals surface area contributed by atoms with Crippen LogP contribution in [0.3, 0.4) is 0 Å². The molecule has 0 aliphatic heterocycles. The molecule has 0 fully saturated rings. The second-order valence-electron chi connectivity index (χ2n) is 5.48. The quantitative estimate of drug-likeness (QED) is 0.396. The lowest BCUT2D eigenvalue weighted by molar-refractivity contribution is -0.383. The fourth-order valence-electron chi connectivity index (χ4n) is 2.43. The molecule has 0 aliphatic rings. The van der Waals surface area contributed by atoms with Gasteiger partial charge in [-0.1, -0.05) is 18.2 Å². The van der Waals surface area contributed by atoms with Gasteiger partial charge in [-0.05, 0) is 24.3 Å². The molecule has 1 heterocycles. The molecule has 3 aromatic rings. The summed E-state index contributed by atoms with van der Waals surface area (Å²) in [5.74, 6) is 1.05. The lowest BCUT2D eigenvalue weighted by atomic mass is 10.2. The maximum absolute atomic E-state index is 11.7. The second-order valence-corrected chi connectivity index (χ2v) is 5.48. The van der Waals surface area contributed by atoms with Crippen LogP contribution in [-0.4, -0.2) is 29.1 Å². The molecule has 0 radical (unpaired) electrons. The van der Waals surface area contributed by atoms with Crippen LogP contribution in [0.15, 0.2) is 54.9 Å². The van der Waals surface area contributed by atoms with Gasteiger partial charge in [0.05, 0.1) is 30.5 Å². The van der Waals surface area contributed by atoms with E-state index in [4.69, 9.17) is 9.47 Å². The van der Waals surface area contributed by atoms with Gasteiger partial charge in [-0.3, -0.25) is 21.0 Å². The smallest absolute Gasteiger partial charge is 0.355 e. The molecule has 0 saturated carbocycles. The molecule has 0 unspecified atom stereocenters. The number of para-hydroxylation sites is 1. The minimum absolute atomic E-state index is 0.00362. The first-order valence-electron chi connectivity index (χ1n) is 8.18. The first-order chi connectivity index (χ1) is 13.6. The highest BCUT2D eigenvalue weighted by molar-refractivity contribution is 5.77. The third kappa shape index (κ3) is 4.18. The number of aromatic nitrogens is 2. The van der Waals surface area contributed by atoms with Crippen molar-refractivity contribution in [2.24, 2.45) is 0 Å². The Morgan fingerprint density at radius 3 is 2.39 bits per heavy atom. The summed E-state index contributed by atoms with van der Waals surface area (Å²) in [5.41, 5.74) is 6.48. The molecule has 0 spiro atoms. The van der Waals surface area contributed by atoms with Crippen LogP contribution in [0.2, 0.25) is 0 Å². The molecule has 0 saturated heterocycles. The van der Waals surface area contributed by atoms with Crippen molar-refractivity contribution < 1.29 is 14.4 Å². The molecule has 1 aromatic heterocycles. The van der Waals surface area contributed by atoms with Gasteiger partial charge < -0.3 is 14.8 Å². The van der Waals surface area contributed by atoms with Crippen LogP contribution >= 0.6 is 0 Å². The van der Waals surface area contributed by atoms with E-state index in [-0.39, 0.29) is 17.3 Å². The Labute approximate surface area is 160 Å². The third-order valence-corrected chi connectivity index (χ3v) is 3.76. The van der Waals surface area contributed by atoms with E-state index in [1.807, 2.05) is 18.2 Å². The number of nitro groups is 1. The fourth-order valence-corrected chi connectivity index (χ4v) is 2.43. The predicted octanol–water partition coefficient (Wildman–Crippen LogP) is 3.58. The molecular formula is C18H18N6O4. The lowest BCUT2D eigenvalue weighted by Crippen LogP contribution is -2.13. The van der Waals surface area contributed by atoms with E-state index < -0.39 is 4.92 Å². The highest BCUT2D eigenvalue weighted by Crippen LogP contribution is 2.36. The van der Waals surface area contributed by atoms with Crippen LogP contribution in [0, 0.1) is 10.1 Å². The Morgan fingerprint density at radius 2 is 1.71 bits per heavy atom. The Balaban J connectivity index is 1.92. The van der Waals surface area contributed by atoms with Crippen LogP contribution in [0.1, 0.15) is 0 Å². The lowest BCUT2D eigenvalue weighted by Gasteiger charge is -2.14. The van der Waals surface area contributed by atoms with Crippen molar-refractivity contribution in [3.05, 3.63) is 65.0 Å². The number of methoxy groups -OCH3 is 2. The Bertz CT molecular complexity index is 968. The van der Waals surface area contributed by atoms with E-state index >= 15 is 0 Å². The van der Waals surface area contributed by atoms with Crippen molar-refractivity contribution >= 4 is 28.7 Å². The standard InChI is InChI=1S/C18H18N6O4/c1-27-13-8-9-15(28-2)14(10-13)21-17-16(24(25)26)18(20-11-19-17)23-22-12-6-4-3-5-7-12/h3-11,22H,1-2H3,(H2,19,20,21,23). The summed E-state index contributed by atoms with van der Waals surface area (Å²) < 4.78 is 10.5. The van der Waals surface area contributed by atoms with E-state index in [9.17, 15) is 10.1 Å². The number of ether oxygens (including phenoxy) is 2. The number of nitrogens with one attached hydrogen (secondary N) is 3. The van der Waals surface area contributed by atoms with Gasteiger partial charge in [0.1, 0.15) is 17.8 Å². The molecule has 0 amide bonds. The molecule has 28 heavy (non-hydrogen) atoms. The Hall–Kier alpha value is -4.08. The van der Waals surface area contributed by atoms with Crippen molar-refractivity contribution in [3.63, 3.8) is 0 Å². The Morgan fingerprint density at radius 1 is 0.964 bits per heavy atom. The van der Waals surface area contributed by atoms with E-state index in [1.165, 1.54) is 20.5 Å². The van der Waals surface area contributed by atoms with Gasteiger partial charge in [-0.25, -0.2) is 9.97 Å². The number of hydrazine groups is 1. The largest absolute Gasteiger partial charge is 0.497 e. The van der Waals surface area contributed by atoms with Gasteiger partial charge in [0.2, 0.25) is 11.6 Å². The van der Waals surface area contributed by atoms with Gasteiger partial charge in [-0.2, -0.15) is 0 Å². The van der Waals surface area contributed by atoms with Crippen LogP contribution < -0.4 is 25.6 Å². The van der Waals surface area contributed by atoms with Gasteiger partial charge in [-0.15, -0.1) is 0 Å². The summed E-state index contributed by atoms with van der Waals surface area (Å²) >= 11 is 0. The van der Waals surface area contributed by atoms with Gasteiger partial charge in [0.25, 0.3) is 0 Å². The zero-order valence-electron chi connectivity index (χ0n) is 15.2. The van der Waals surface area contributed by atoms with Gasteiger partial charge in [0.15, 0.2) is 0 Å². The van der Waals surface area contributed by atoms with E-state index in [1.54, 1.807) is 30.3 Å². The minimum atomic E-state index is -0.565. The molecule has 3 rings (SSSR count). The Kier molecular flexibility index (Phi) is 5.70. The van der Waals surface area contributed by atoms with Gasteiger partial charge >= 0.3 is 5.69 Å². The predicted molar refractivity (Wildman–Crippen MR) is 105 cm³/mol. The summed E-state index contributed by atoms with van der Waals surface area (Å²) in [4.78, 5) is 19.1. The summed E-state index contributed by atoms with van der Waals surface area (Å²) in [6.07, 6.45) is 1.22. The number of nitrogens with zero attached hydrogens (tertiary/aromatic N) is 3. The highest BCUT2D eigenvalue weighted by Gasteiger charge is 2.24. The summed E-state index contributed by atoms with van der Waals surface area (Å²) in [6.45, 7) is 0. The van der Waals surface area contributed by atoms with Crippen molar-refractivity contribution in [1.29, 1.82) is 0 Å². The number of hydrogen-bond donors (Lipinski definition) is 3. The molecule has 3 N–H and O–H groups in total. The monoisotopic (exact) mass is 382 g/mol. The normalized spacial score (nSPS) is 10.1. The average Bonchev–Trinajstić information content (AvgIpc) is 2.72. The van der Waals surface area contributed by atoms with Gasteiger partial charge in [0, 0.05) is 6.07 Å². The minimum Gasteiger partial charge on any atom is -0.497 e. The number of benzene rings is 2. The van der Waals surface area contributed by atoms with Crippen molar-refractivity contribution in [1.82, 2.24) is 9.97 Å². The third-order valence-electron chi connectivity index (χ3n) is 3.76. The molecule has 0 bridgehead atoms. The van der Waals surface area contributed by atoms with Crippen LogP contribution in [0.4, 0.5) is 28.7 Å². The van der Waals surface area contributed by atoms with E-state index in [0.29, 0.717) is 17.2 Å².